The Morgan fingerprint density at radius 2 is 1.92 bits per heavy atom. The van der Waals surface area contributed by atoms with Crippen molar-refractivity contribution in [3.05, 3.63) is 99.8 Å². The molecule has 0 saturated carbocycles. The zero-order valence-corrected chi connectivity index (χ0v) is 28.7. The molecule has 0 aliphatic carbocycles. The van der Waals surface area contributed by atoms with Gasteiger partial charge in [0.25, 0.3) is 6.01 Å². The number of fused-ring (bicyclic) bond motifs is 3. The molecule has 4 N–H and O–H groups in total. The Kier molecular flexibility index (Phi) is 9.64. The maximum absolute atomic E-state index is 9.79. The molecule has 0 radical (unpaired) electrons. The summed E-state index contributed by atoms with van der Waals surface area (Å²) in [6.07, 6.45) is 4.26. The Balaban J connectivity index is 1.10. The highest BCUT2D eigenvalue weighted by Crippen LogP contribution is 2.36. The maximum Gasteiger partial charge on any atom is 0.298 e. The molecule has 5 aromatic rings. The van der Waals surface area contributed by atoms with Gasteiger partial charge in [0.15, 0.2) is 5.58 Å². The molecule has 50 heavy (non-hydrogen) atoms. The maximum atomic E-state index is 9.79. The first-order chi connectivity index (χ1) is 24.3. The van der Waals surface area contributed by atoms with E-state index in [0.717, 1.165) is 58.4 Å². The quantitative estimate of drug-likeness (QED) is 0.128. The number of hydrogen-bond acceptors (Lipinski definition) is 11. The molecule has 11 nitrogen and oxygen atoms in total. The van der Waals surface area contributed by atoms with Crippen LogP contribution in [0, 0.1) is 18.3 Å². The van der Waals surface area contributed by atoms with E-state index in [-0.39, 0.29) is 33.0 Å². The van der Waals surface area contributed by atoms with Gasteiger partial charge in [-0.1, -0.05) is 35.9 Å². The van der Waals surface area contributed by atoms with E-state index in [1.807, 2.05) is 18.2 Å². The predicted octanol–water partition coefficient (Wildman–Crippen LogP) is 5.26. The van der Waals surface area contributed by atoms with Gasteiger partial charge in [-0.3, -0.25) is 4.98 Å². The van der Waals surface area contributed by atoms with Gasteiger partial charge in [-0.25, -0.2) is 0 Å². The van der Waals surface area contributed by atoms with Crippen molar-refractivity contribution in [2.24, 2.45) is 0 Å². The molecule has 4 heterocycles. The van der Waals surface area contributed by atoms with E-state index in [1.54, 1.807) is 31.3 Å². The van der Waals surface area contributed by atoms with Crippen molar-refractivity contribution < 1.29 is 24.1 Å². The Labute approximate surface area is 295 Å². The highest BCUT2D eigenvalue weighted by atomic mass is 35.5. The van der Waals surface area contributed by atoms with Crippen molar-refractivity contribution in [2.75, 3.05) is 31.2 Å². The van der Waals surface area contributed by atoms with E-state index in [2.05, 4.69) is 51.7 Å². The van der Waals surface area contributed by atoms with Crippen LogP contribution in [0.15, 0.2) is 71.4 Å². The monoisotopic (exact) mass is 694 g/mol. The van der Waals surface area contributed by atoms with Gasteiger partial charge in [0, 0.05) is 61.3 Å². The fraction of sp³-hybridized carbons (Fsp3) is 0.342. The molecule has 0 amide bonds. The number of ether oxygens (including phenoxy) is 2. The Bertz CT molecular complexity index is 2060. The van der Waals surface area contributed by atoms with Crippen molar-refractivity contribution in [1.82, 2.24) is 20.6 Å². The van der Waals surface area contributed by atoms with E-state index in [9.17, 15) is 15.5 Å². The van der Waals surface area contributed by atoms with Crippen molar-refractivity contribution in [3.63, 3.8) is 0 Å². The Hall–Kier alpha value is -4.70. The number of piperazine rings is 1. The average molecular weight is 695 g/mol. The molecule has 2 aromatic heterocycles. The van der Waals surface area contributed by atoms with Gasteiger partial charge in [0.1, 0.15) is 36.3 Å². The number of nitrogens with one attached hydrogen (secondary N) is 2. The molecule has 12 heteroatoms. The summed E-state index contributed by atoms with van der Waals surface area (Å²) in [5, 5.41) is 36.0. The Morgan fingerprint density at radius 1 is 1.08 bits per heavy atom. The second-order valence-electron chi connectivity index (χ2n) is 13.3. The SMILES string of the molecule is Cc1c(COc2cc(OCc3cncc(C#N)c3)c(CNC(C)(CO)CO)cc2Cl)cccc1-c1ccc2oc(N3C[C@@H]4C[C@H]3CN4)nc2c1. The number of pyridine rings is 1. The van der Waals surface area contributed by atoms with Crippen LogP contribution in [0.4, 0.5) is 6.01 Å². The molecule has 2 bridgehead atoms. The molecule has 2 saturated heterocycles. The summed E-state index contributed by atoms with van der Waals surface area (Å²) in [5.41, 5.74) is 6.75. The van der Waals surface area contributed by atoms with E-state index < -0.39 is 5.54 Å². The fourth-order valence-electron chi connectivity index (χ4n) is 6.53. The summed E-state index contributed by atoms with van der Waals surface area (Å²) in [4.78, 5) is 11.3. The van der Waals surface area contributed by atoms with Crippen LogP contribution in [0.3, 0.4) is 0 Å². The van der Waals surface area contributed by atoms with Crippen molar-refractivity contribution >= 4 is 28.7 Å². The lowest BCUT2D eigenvalue weighted by molar-refractivity contribution is 0.103. The summed E-state index contributed by atoms with van der Waals surface area (Å²) in [6.45, 7) is 5.85. The zero-order chi connectivity index (χ0) is 34.8. The highest BCUT2D eigenvalue weighted by Gasteiger charge is 2.39. The number of nitriles is 1. The lowest BCUT2D eigenvalue weighted by Crippen LogP contribution is -2.48. The van der Waals surface area contributed by atoms with E-state index in [4.69, 9.17) is 30.5 Å². The zero-order valence-electron chi connectivity index (χ0n) is 27.9. The van der Waals surface area contributed by atoms with Gasteiger partial charge in [0.2, 0.25) is 0 Å². The third-order valence-electron chi connectivity index (χ3n) is 9.66. The second-order valence-corrected chi connectivity index (χ2v) is 13.7. The summed E-state index contributed by atoms with van der Waals surface area (Å²) in [6, 6.07) is 21.2. The molecular weight excluding hydrogens is 656 g/mol. The molecular formula is C38H39ClN6O5. The number of aliphatic hydroxyl groups excluding tert-OH is 2. The molecule has 2 aliphatic heterocycles. The molecule has 3 aromatic carbocycles. The van der Waals surface area contributed by atoms with Crippen LogP contribution in [-0.4, -0.2) is 64.1 Å². The van der Waals surface area contributed by atoms with Gasteiger partial charge < -0.3 is 39.6 Å². The van der Waals surface area contributed by atoms with E-state index >= 15 is 0 Å². The van der Waals surface area contributed by atoms with Gasteiger partial charge in [-0.05, 0) is 66.8 Å². The van der Waals surface area contributed by atoms with Crippen molar-refractivity contribution in [3.8, 4) is 28.7 Å². The van der Waals surface area contributed by atoms with Crippen LogP contribution in [-0.2, 0) is 19.8 Å². The minimum absolute atomic E-state index is 0.155. The first kappa shape index (κ1) is 33.8. The topological polar surface area (TPSA) is 149 Å². The summed E-state index contributed by atoms with van der Waals surface area (Å²) >= 11 is 6.76. The lowest BCUT2D eigenvalue weighted by atomic mass is 9.96. The average Bonchev–Trinajstić information content (AvgIpc) is 3.90. The summed E-state index contributed by atoms with van der Waals surface area (Å²) in [5.74, 6) is 0.940. The molecule has 258 valence electrons. The minimum atomic E-state index is -0.904. The highest BCUT2D eigenvalue weighted by molar-refractivity contribution is 6.32. The van der Waals surface area contributed by atoms with Crippen LogP contribution in [0.1, 0.15) is 41.2 Å². The number of nitrogens with zero attached hydrogens (tertiary/aromatic N) is 4. The molecule has 0 spiro atoms. The van der Waals surface area contributed by atoms with Crippen LogP contribution >= 0.6 is 11.6 Å². The normalized spacial score (nSPS) is 17.0. The number of rotatable bonds is 13. The number of benzene rings is 3. The first-order valence-electron chi connectivity index (χ1n) is 16.6. The van der Waals surface area contributed by atoms with Crippen LogP contribution in [0.25, 0.3) is 22.2 Å². The summed E-state index contributed by atoms with van der Waals surface area (Å²) in [7, 11) is 0. The summed E-state index contributed by atoms with van der Waals surface area (Å²) < 4.78 is 18.7. The van der Waals surface area contributed by atoms with Gasteiger partial charge in [0.05, 0.1) is 29.3 Å². The second kappa shape index (κ2) is 14.3. The van der Waals surface area contributed by atoms with Crippen molar-refractivity contribution in [1.29, 1.82) is 5.26 Å². The predicted molar refractivity (Wildman–Crippen MR) is 190 cm³/mol. The number of oxazole rings is 1. The third kappa shape index (κ3) is 6.99. The number of aromatic nitrogens is 2. The van der Waals surface area contributed by atoms with E-state index in [1.165, 1.54) is 6.20 Å². The lowest BCUT2D eigenvalue weighted by Gasteiger charge is -2.27. The van der Waals surface area contributed by atoms with Crippen LogP contribution in [0.2, 0.25) is 5.02 Å². The van der Waals surface area contributed by atoms with Gasteiger partial charge in [-0.2, -0.15) is 10.2 Å². The number of aliphatic hydroxyl groups is 2. The Morgan fingerprint density at radius 3 is 2.68 bits per heavy atom. The molecule has 7 rings (SSSR count). The molecule has 2 aliphatic rings. The first-order valence-corrected chi connectivity index (χ1v) is 17.0. The van der Waals surface area contributed by atoms with Crippen LogP contribution < -0.4 is 25.0 Å². The van der Waals surface area contributed by atoms with Gasteiger partial charge >= 0.3 is 0 Å². The van der Waals surface area contributed by atoms with Crippen molar-refractivity contribution in [2.45, 2.75) is 57.6 Å². The number of anilines is 1. The molecule has 2 fully saturated rings. The smallest absolute Gasteiger partial charge is 0.298 e. The third-order valence-corrected chi connectivity index (χ3v) is 9.95. The number of hydrogen-bond donors (Lipinski definition) is 4. The van der Waals surface area contributed by atoms with Crippen LogP contribution in [0.5, 0.6) is 11.5 Å². The minimum Gasteiger partial charge on any atom is -0.488 e. The fourth-order valence-corrected chi connectivity index (χ4v) is 6.77. The van der Waals surface area contributed by atoms with E-state index in [0.29, 0.717) is 45.7 Å². The largest absolute Gasteiger partial charge is 0.488 e. The standard InChI is InChI=1S/C38H39ClN6O5/c1-23-27(4-3-5-31(23)26-6-7-34-33(10-26)44-37(50-34)45-18-29-11-30(45)17-42-29)20-49-36-12-35(48-19-25-8-24(13-40)14-41-15-25)28(9-32(36)39)16-43-38(2,21-46)22-47/h3-10,12,14-15,29-30,42-43,46-47H,11,16-22H2,1-2H3/t29-,30-/m0/s1. The number of halogens is 1. The molecule has 0 unspecified atom stereocenters. The van der Waals surface area contributed by atoms with Gasteiger partial charge in [-0.15, -0.1) is 0 Å². The molecule has 2 atom stereocenters.